The fourth-order valence-corrected chi connectivity index (χ4v) is 2.49. The largest absolute Gasteiger partial charge is 0.480 e. The van der Waals surface area contributed by atoms with Crippen molar-refractivity contribution in [1.29, 1.82) is 0 Å². The summed E-state index contributed by atoms with van der Waals surface area (Å²) in [6.45, 7) is 4.66. The van der Waals surface area contributed by atoms with Crippen molar-refractivity contribution in [2.75, 3.05) is 12.8 Å². The third-order valence-electron chi connectivity index (χ3n) is 3.66. The number of carbonyl (C=O) groups is 2. The molecule has 2 unspecified atom stereocenters. The van der Waals surface area contributed by atoms with Gasteiger partial charge >= 0.3 is 5.97 Å². The van der Waals surface area contributed by atoms with Crippen molar-refractivity contribution < 1.29 is 23.1 Å². The maximum absolute atomic E-state index is 12.3. The van der Waals surface area contributed by atoms with Crippen molar-refractivity contribution in [2.24, 2.45) is 5.92 Å². The van der Waals surface area contributed by atoms with Crippen LogP contribution in [0.4, 0.5) is 0 Å². The van der Waals surface area contributed by atoms with Gasteiger partial charge in [-0.1, -0.05) is 6.92 Å². The van der Waals surface area contributed by atoms with Crippen LogP contribution in [-0.2, 0) is 19.4 Å². The molecule has 0 radical (unpaired) electrons. The van der Waals surface area contributed by atoms with Crippen molar-refractivity contribution in [3.8, 4) is 0 Å². The zero-order valence-electron chi connectivity index (χ0n) is 11.0. The van der Waals surface area contributed by atoms with Crippen LogP contribution < -0.4 is 0 Å². The van der Waals surface area contributed by atoms with Crippen LogP contribution in [-0.4, -0.2) is 53.9 Å². The van der Waals surface area contributed by atoms with Crippen LogP contribution in [0.2, 0.25) is 0 Å². The molecule has 1 N–H and O–H groups in total. The molecule has 1 fully saturated rings. The lowest BCUT2D eigenvalue weighted by molar-refractivity contribution is -0.150. The van der Waals surface area contributed by atoms with Crippen LogP contribution in [0.25, 0.3) is 0 Å². The highest BCUT2D eigenvalue weighted by molar-refractivity contribution is 7.92. The minimum absolute atomic E-state index is 0.165. The van der Waals surface area contributed by atoms with E-state index in [0.29, 0.717) is 6.42 Å². The zero-order valence-corrected chi connectivity index (χ0v) is 11.8. The minimum Gasteiger partial charge on any atom is -0.480 e. The Morgan fingerprint density at radius 3 is 2.22 bits per heavy atom. The Balaban J connectivity index is 3.09. The topological polar surface area (TPSA) is 91.8 Å². The van der Waals surface area contributed by atoms with Crippen LogP contribution in [0.3, 0.4) is 0 Å². The van der Waals surface area contributed by atoms with E-state index >= 15 is 0 Å². The Hall–Kier alpha value is -1.11. The molecule has 1 saturated heterocycles. The van der Waals surface area contributed by atoms with Crippen molar-refractivity contribution in [3.63, 3.8) is 0 Å². The summed E-state index contributed by atoms with van der Waals surface area (Å²) >= 11 is 0. The molecule has 0 saturated carbocycles. The highest BCUT2D eigenvalue weighted by Gasteiger charge is 2.48. The van der Waals surface area contributed by atoms with Gasteiger partial charge in [-0.25, -0.2) is 13.2 Å². The fourth-order valence-electron chi connectivity index (χ4n) is 2.06. The second-order valence-corrected chi connectivity index (χ2v) is 7.90. The lowest BCUT2D eigenvalue weighted by Crippen LogP contribution is -2.53. The van der Waals surface area contributed by atoms with Gasteiger partial charge in [0.25, 0.3) is 0 Å². The Bertz CT molecular complexity index is 468. The maximum atomic E-state index is 12.3. The molecule has 2 atom stereocenters. The molecule has 0 spiro atoms. The number of hydrogen-bond acceptors (Lipinski definition) is 4. The first-order valence-electron chi connectivity index (χ1n) is 5.73. The number of likely N-dealkylation sites (tertiary alicyclic amines) is 1. The summed E-state index contributed by atoms with van der Waals surface area (Å²) in [6.07, 6.45) is 1.56. The third-order valence-corrected chi connectivity index (χ3v) is 5.68. The predicted molar refractivity (Wildman–Crippen MR) is 65.8 cm³/mol. The molecule has 1 aliphatic rings. The molecule has 6 nitrogen and oxygen atoms in total. The number of carboxylic acid groups (broad SMARTS) is 1. The predicted octanol–water partition coefficient (Wildman–Crippen LogP) is 0.131. The monoisotopic (exact) mass is 277 g/mol. The molecule has 0 aromatic heterocycles. The van der Waals surface area contributed by atoms with Crippen molar-refractivity contribution in [2.45, 2.75) is 38.0 Å². The molecule has 1 aliphatic heterocycles. The SMILES string of the molecule is CC1CCN(C(=O)C(C)(C)S(C)(=O)=O)C1C(=O)O. The molecule has 7 heteroatoms. The number of sulfone groups is 1. The van der Waals surface area contributed by atoms with Gasteiger partial charge in [-0.05, 0) is 26.2 Å². The van der Waals surface area contributed by atoms with Gasteiger partial charge in [0.05, 0.1) is 0 Å². The van der Waals surface area contributed by atoms with E-state index in [-0.39, 0.29) is 12.5 Å². The smallest absolute Gasteiger partial charge is 0.326 e. The van der Waals surface area contributed by atoms with E-state index in [0.717, 1.165) is 6.26 Å². The van der Waals surface area contributed by atoms with Crippen LogP contribution in [0.1, 0.15) is 27.2 Å². The summed E-state index contributed by atoms with van der Waals surface area (Å²) in [7, 11) is -3.59. The summed E-state index contributed by atoms with van der Waals surface area (Å²) < 4.78 is 21.6. The van der Waals surface area contributed by atoms with Gasteiger partial charge in [0.2, 0.25) is 5.91 Å². The van der Waals surface area contributed by atoms with Gasteiger partial charge in [-0.3, -0.25) is 4.79 Å². The van der Waals surface area contributed by atoms with Crippen LogP contribution in [0.5, 0.6) is 0 Å². The van der Waals surface area contributed by atoms with E-state index in [1.165, 1.54) is 18.7 Å². The molecule has 104 valence electrons. The van der Waals surface area contributed by atoms with Crippen molar-refractivity contribution in [3.05, 3.63) is 0 Å². The van der Waals surface area contributed by atoms with Crippen LogP contribution >= 0.6 is 0 Å². The summed E-state index contributed by atoms with van der Waals surface area (Å²) in [6, 6.07) is -0.932. The highest BCUT2D eigenvalue weighted by Crippen LogP contribution is 2.29. The van der Waals surface area contributed by atoms with Gasteiger partial charge in [0, 0.05) is 12.8 Å². The Labute approximate surface area is 107 Å². The first kappa shape index (κ1) is 14.9. The van der Waals surface area contributed by atoms with Crippen molar-refractivity contribution in [1.82, 2.24) is 4.90 Å². The van der Waals surface area contributed by atoms with Gasteiger partial charge < -0.3 is 10.0 Å². The van der Waals surface area contributed by atoms with Gasteiger partial charge in [0.1, 0.15) is 10.8 Å². The number of nitrogens with zero attached hydrogens (tertiary/aromatic N) is 1. The van der Waals surface area contributed by atoms with E-state index in [1.54, 1.807) is 6.92 Å². The van der Waals surface area contributed by atoms with Crippen molar-refractivity contribution >= 4 is 21.7 Å². The summed E-state index contributed by atoms with van der Waals surface area (Å²) in [5.41, 5.74) is 0. The number of carbonyl (C=O) groups excluding carboxylic acids is 1. The summed E-state index contributed by atoms with van der Waals surface area (Å²) in [4.78, 5) is 24.6. The van der Waals surface area contributed by atoms with Gasteiger partial charge in [-0.2, -0.15) is 0 Å². The van der Waals surface area contributed by atoms with Crippen LogP contribution in [0, 0.1) is 5.92 Å². The van der Waals surface area contributed by atoms with E-state index in [9.17, 15) is 18.0 Å². The van der Waals surface area contributed by atoms with E-state index in [2.05, 4.69) is 0 Å². The molecule has 0 bridgehead atoms. The number of amides is 1. The zero-order chi connectivity index (χ0) is 14.3. The Kier molecular flexibility index (Phi) is 3.76. The highest BCUT2D eigenvalue weighted by atomic mass is 32.2. The number of aliphatic carboxylic acids is 1. The Morgan fingerprint density at radius 2 is 1.83 bits per heavy atom. The molecule has 1 rings (SSSR count). The number of hydrogen-bond donors (Lipinski definition) is 1. The third kappa shape index (κ3) is 2.36. The minimum atomic E-state index is -3.59. The quantitative estimate of drug-likeness (QED) is 0.791. The lowest BCUT2D eigenvalue weighted by atomic mass is 10.0. The fraction of sp³-hybridized carbons (Fsp3) is 0.818. The van der Waals surface area contributed by atoms with Gasteiger partial charge in [0.15, 0.2) is 9.84 Å². The average molecular weight is 277 g/mol. The molecular weight excluding hydrogens is 258 g/mol. The van der Waals surface area contributed by atoms with E-state index in [4.69, 9.17) is 5.11 Å². The molecular formula is C11H19NO5S. The number of rotatable bonds is 3. The Morgan fingerprint density at radius 1 is 1.33 bits per heavy atom. The van der Waals surface area contributed by atoms with E-state index in [1.807, 2.05) is 0 Å². The average Bonchev–Trinajstić information content (AvgIpc) is 2.57. The summed E-state index contributed by atoms with van der Waals surface area (Å²) in [5.74, 6) is -1.89. The molecule has 1 amide bonds. The maximum Gasteiger partial charge on any atom is 0.326 e. The molecule has 1 heterocycles. The lowest BCUT2D eigenvalue weighted by Gasteiger charge is -2.31. The molecule has 0 aliphatic carbocycles. The van der Waals surface area contributed by atoms with Crippen LogP contribution in [0.15, 0.2) is 0 Å². The van der Waals surface area contributed by atoms with E-state index < -0.39 is 32.5 Å². The molecule has 18 heavy (non-hydrogen) atoms. The standard InChI is InChI=1S/C11H19NO5S/c1-7-5-6-12(8(7)9(13)14)10(15)11(2,3)18(4,16)17/h7-8H,5-6H2,1-4H3,(H,13,14). The number of carboxylic acids is 1. The summed E-state index contributed by atoms with van der Waals surface area (Å²) in [5, 5.41) is 9.13. The molecule has 0 aromatic carbocycles. The van der Waals surface area contributed by atoms with Gasteiger partial charge in [-0.15, -0.1) is 0 Å². The second kappa shape index (κ2) is 4.53. The first-order chi connectivity index (χ1) is 8.00. The normalized spacial score (nSPS) is 25.2. The molecule has 0 aromatic rings. The second-order valence-electron chi connectivity index (χ2n) is 5.33. The first-order valence-corrected chi connectivity index (χ1v) is 7.62.